The second-order valence-corrected chi connectivity index (χ2v) is 2.91. The van der Waals surface area contributed by atoms with Gasteiger partial charge in [0.15, 0.2) is 0 Å². The molecule has 0 saturated heterocycles. The molecule has 1 aromatic rings. The molecule has 0 fully saturated rings. The van der Waals surface area contributed by atoms with Gasteiger partial charge in [-0.2, -0.15) is 0 Å². The van der Waals surface area contributed by atoms with E-state index in [1.165, 1.54) is 0 Å². The minimum absolute atomic E-state index is 0.0624. The molecular formula is C9H14N2O. The first kappa shape index (κ1) is 9.00. The Morgan fingerprint density at radius 2 is 1.92 bits per heavy atom. The topological polar surface area (TPSA) is 45.1 Å². The largest absolute Gasteiger partial charge is 0.391 e. The number of aromatic nitrogens is 1. The fraction of sp³-hybridized carbons (Fsp3) is 0.444. The molecule has 0 aliphatic heterocycles. The lowest BCUT2D eigenvalue weighted by Crippen LogP contribution is -2.27. The van der Waals surface area contributed by atoms with Gasteiger partial charge in [-0.05, 0) is 26.0 Å². The highest BCUT2D eigenvalue weighted by Crippen LogP contribution is 2.06. The summed E-state index contributed by atoms with van der Waals surface area (Å²) in [5.41, 5.74) is 0.985. The molecule has 3 nitrogen and oxygen atoms in total. The predicted octanol–water partition coefficient (Wildman–Crippen LogP) is 1.26. The third kappa shape index (κ3) is 2.51. The fourth-order valence-electron chi connectivity index (χ4n) is 0.832. The van der Waals surface area contributed by atoms with Crippen LogP contribution < -0.4 is 5.32 Å². The predicted molar refractivity (Wildman–Crippen MR) is 49.0 cm³/mol. The Balaban J connectivity index is 2.53. The van der Waals surface area contributed by atoms with Crippen molar-refractivity contribution in [3.8, 4) is 0 Å². The normalized spacial score (nSPS) is 15.2. The molecule has 0 bridgehead atoms. The summed E-state index contributed by atoms with van der Waals surface area (Å²) in [5, 5.41) is 12.4. The highest BCUT2D eigenvalue weighted by atomic mass is 16.3. The van der Waals surface area contributed by atoms with E-state index in [9.17, 15) is 5.11 Å². The van der Waals surface area contributed by atoms with E-state index in [0.29, 0.717) is 0 Å². The fourth-order valence-corrected chi connectivity index (χ4v) is 0.832. The van der Waals surface area contributed by atoms with E-state index in [0.717, 1.165) is 5.69 Å². The number of nitrogens with one attached hydrogen (secondary N) is 1. The van der Waals surface area contributed by atoms with Crippen LogP contribution in [0.15, 0.2) is 24.5 Å². The van der Waals surface area contributed by atoms with Crippen molar-refractivity contribution < 1.29 is 5.11 Å². The quantitative estimate of drug-likeness (QED) is 0.710. The Bertz CT molecular complexity index is 223. The van der Waals surface area contributed by atoms with Crippen molar-refractivity contribution in [1.29, 1.82) is 0 Å². The van der Waals surface area contributed by atoms with Crippen LogP contribution in [0.2, 0.25) is 0 Å². The Labute approximate surface area is 72.5 Å². The smallest absolute Gasteiger partial charge is 0.0710 e. The molecule has 0 saturated carbocycles. The maximum absolute atomic E-state index is 9.20. The van der Waals surface area contributed by atoms with E-state index < -0.39 is 0 Å². The maximum Gasteiger partial charge on any atom is 0.0710 e. The number of rotatable bonds is 3. The molecule has 0 radical (unpaired) electrons. The summed E-state index contributed by atoms with van der Waals surface area (Å²) in [6, 6.07) is 3.81. The van der Waals surface area contributed by atoms with Crippen molar-refractivity contribution in [2.75, 3.05) is 5.32 Å². The zero-order chi connectivity index (χ0) is 8.97. The maximum atomic E-state index is 9.20. The number of hydrogen-bond acceptors (Lipinski definition) is 3. The van der Waals surface area contributed by atoms with E-state index >= 15 is 0 Å². The first-order valence-corrected chi connectivity index (χ1v) is 4.05. The number of nitrogens with zero attached hydrogens (tertiary/aromatic N) is 1. The molecule has 2 atom stereocenters. The summed E-state index contributed by atoms with van der Waals surface area (Å²) in [7, 11) is 0. The molecule has 3 heteroatoms. The third-order valence-electron chi connectivity index (χ3n) is 1.80. The lowest BCUT2D eigenvalue weighted by atomic mass is 10.2. The lowest BCUT2D eigenvalue weighted by Gasteiger charge is -2.17. The van der Waals surface area contributed by atoms with Gasteiger partial charge in [0.2, 0.25) is 0 Å². The van der Waals surface area contributed by atoms with Crippen molar-refractivity contribution >= 4 is 5.69 Å². The first-order valence-electron chi connectivity index (χ1n) is 4.05. The van der Waals surface area contributed by atoms with Crippen LogP contribution in [0.1, 0.15) is 13.8 Å². The van der Waals surface area contributed by atoms with Gasteiger partial charge in [-0.1, -0.05) is 0 Å². The first-order chi connectivity index (χ1) is 5.70. The van der Waals surface area contributed by atoms with E-state index in [4.69, 9.17) is 0 Å². The molecule has 1 aromatic heterocycles. The second-order valence-electron chi connectivity index (χ2n) is 2.91. The SMILES string of the molecule is CC(O)C(C)Nc1ccncc1. The Morgan fingerprint density at radius 1 is 1.33 bits per heavy atom. The standard InChI is InChI=1S/C9H14N2O/c1-7(8(2)12)11-9-3-5-10-6-4-9/h3-8,12H,1-2H3,(H,10,11). The molecule has 0 aromatic carbocycles. The van der Waals surface area contributed by atoms with E-state index in [1.807, 2.05) is 19.1 Å². The molecule has 1 heterocycles. The number of hydrogen-bond donors (Lipinski definition) is 2. The van der Waals surface area contributed by atoms with Gasteiger partial charge >= 0.3 is 0 Å². The van der Waals surface area contributed by atoms with Gasteiger partial charge in [0.1, 0.15) is 0 Å². The zero-order valence-corrected chi connectivity index (χ0v) is 7.36. The van der Waals surface area contributed by atoms with Crippen LogP contribution in [0.4, 0.5) is 5.69 Å². The number of anilines is 1. The van der Waals surface area contributed by atoms with Crippen molar-refractivity contribution in [1.82, 2.24) is 4.98 Å². The van der Waals surface area contributed by atoms with Gasteiger partial charge in [0, 0.05) is 24.1 Å². The highest BCUT2D eigenvalue weighted by molar-refractivity contribution is 5.41. The van der Waals surface area contributed by atoms with Crippen molar-refractivity contribution in [2.24, 2.45) is 0 Å². The van der Waals surface area contributed by atoms with Crippen molar-refractivity contribution in [3.05, 3.63) is 24.5 Å². The van der Waals surface area contributed by atoms with E-state index in [-0.39, 0.29) is 12.1 Å². The Kier molecular flexibility index (Phi) is 3.05. The van der Waals surface area contributed by atoms with E-state index in [1.54, 1.807) is 19.3 Å². The summed E-state index contributed by atoms with van der Waals surface area (Å²) in [6.07, 6.45) is 3.09. The molecule has 0 amide bonds. The minimum Gasteiger partial charge on any atom is -0.391 e. The average molecular weight is 166 g/mol. The van der Waals surface area contributed by atoms with Gasteiger partial charge in [0.05, 0.1) is 6.10 Å². The summed E-state index contributed by atoms with van der Waals surface area (Å²) in [4.78, 5) is 3.90. The Hall–Kier alpha value is -1.09. The number of pyridine rings is 1. The van der Waals surface area contributed by atoms with Crippen LogP contribution in [0.25, 0.3) is 0 Å². The molecule has 12 heavy (non-hydrogen) atoms. The van der Waals surface area contributed by atoms with Crippen LogP contribution >= 0.6 is 0 Å². The van der Waals surface area contributed by atoms with Crippen molar-refractivity contribution in [2.45, 2.75) is 26.0 Å². The van der Waals surface area contributed by atoms with Crippen LogP contribution in [-0.2, 0) is 0 Å². The molecule has 0 spiro atoms. The van der Waals surface area contributed by atoms with Crippen molar-refractivity contribution in [3.63, 3.8) is 0 Å². The van der Waals surface area contributed by atoms with Gasteiger partial charge in [-0.3, -0.25) is 4.98 Å². The minimum atomic E-state index is -0.349. The molecule has 66 valence electrons. The van der Waals surface area contributed by atoms with Crippen LogP contribution in [0, 0.1) is 0 Å². The monoisotopic (exact) mass is 166 g/mol. The third-order valence-corrected chi connectivity index (χ3v) is 1.80. The summed E-state index contributed by atoms with van der Waals surface area (Å²) >= 11 is 0. The van der Waals surface area contributed by atoms with Crippen LogP contribution in [0.3, 0.4) is 0 Å². The molecule has 1 rings (SSSR count). The van der Waals surface area contributed by atoms with Gasteiger partial charge < -0.3 is 10.4 Å². The summed E-state index contributed by atoms with van der Waals surface area (Å²) in [5.74, 6) is 0. The lowest BCUT2D eigenvalue weighted by molar-refractivity contribution is 0.178. The average Bonchev–Trinajstić information content (AvgIpc) is 2.06. The number of aliphatic hydroxyl groups is 1. The van der Waals surface area contributed by atoms with Crippen LogP contribution in [0.5, 0.6) is 0 Å². The summed E-state index contributed by atoms with van der Waals surface area (Å²) in [6.45, 7) is 3.70. The molecule has 2 N–H and O–H groups in total. The van der Waals surface area contributed by atoms with Crippen LogP contribution in [-0.4, -0.2) is 22.2 Å². The van der Waals surface area contributed by atoms with Gasteiger partial charge in [0.25, 0.3) is 0 Å². The summed E-state index contributed by atoms with van der Waals surface area (Å²) < 4.78 is 0. The van der Waals surface area contributed by atoms with E-state index in [2.05, 4.69) is 10.3 Å². The Morgan fingerprint density at radius 3 is 2.42 bits per heavy atom. The molecule has 0 aliphatic rings. The molecular weight excluding hydrogens is 152 g/mol. The zero-order valence-electron chi connectivity index (χ0n) is 7.36. The number of aliphatic hydroxyl groups excluding tert-OH is 1. The van der Waals surface area contributed by atoms with Gasteiger partial charge in [-0.25, -0.2) is 0 Å². The molecule has 0 aliphatic carbocycles. The van der Waals surface area contributed by atoms with Gasteiger partial charge in [-0.15, -0.1) is 0 Å². The second kappa shape index (κ2) is 4.07. The highest BCUT2D eigenvalue weighted by Gasteiger charge is 2.06. The molecule has 2 unspecified atom stereocenters.